The summed E-state index contributed by atoms with van der Waals surface area (Å²) in [5, 5.41) is 0. The maximum atomic E-state index is 12.6. The molecule has 1 atom stereocenters. The lowest BCUT2D eigenvalue weighted by Crippen LogP contribution is -2.45. The van der Waals surface area contributed by atoms with E-state index in [0.29, 0.717) is 6.54 Å². The molecule has 0 aromatic heterocycles. The number of esters is 1. The van der Waals surface area contributed by atoms with Gasteiger partial charge in [-0.25, -0.2) is 13.2 Å². The summed E-state index contributed by atoms with van der Waals surface area (Å²) in [5.41, 5.74) is 0.108. The van der Waals surface area contributed by atoms with E-state index in [2.05, 4.69) is 0 Å². The minimum atomic E-state index is -3.70. The Kier molecular flexibility index (Phi) is 7.60. The molecule has 2 rings (SSSR count). The molecule has 28 heavy (non-hydrogen) atoms. The summed E-state index contributed by atoms with van der Waals surface area (Å²) in [5.74, 6) is -0.911. The average Bonchev–Trinajstić information content (AvgIpc) is 2.70. The van der Waals surface area contributed by atoms with Crippen molar-refractivity contribution in [2.45, 2.75) is 63.4 Å². The molecule has 0 saturated carbocycles. The lowest BCUT2D eigenvalue weighted by atomic mass is 10.00. The average molecular weight is 411 g/mol. The van der Waals surface area contributed by atoms with E-state index in [1.807, 2.05) is 6.92 Å². The minimum Gasteiger partial charge on any atom is -0.452 e. The number of sulfonamides is 1. The van der Waals surface area contributed by atoms with E-state index in [-0.39, 0.29) is 35.1 Å². The van der Waals surface area contributed by atoms with Crippen LogP contribution in [0.5, 0.6) is 0 Å². The summed E-state index contributed by atoms with van der Waals surface area (Å²) in [4.78, 5) is 26.6. The van der Waals surface area contributed by atoms with Gasteiger partial charge in [-0.1, -0.05) is 13.0 Å². The highest BCUT2D eigenvalue weighted by atomic mass is 32.2. The maximum Gasteiger partial charge on any atom is 0.338 e. The van der Waals surface area contributed by atoms with Gasteiger partial charge in [0.05, 0.1) is 10.5 Å². The molecule has 1 aliphatic heterocycles. The van der Waals surface area contributed by atoms with Gasteiger partial charge in [0.25, 0.3) is 5.91 Å². The standard InChI is InChI=1S/C20H30N2O5S/c1-5-17-10-6-7-12-22(17)19(23)14-27-20(24)16-9-8-11-18(13-16)28(25,26)21(4)15(2)3/h8-9,11,13,15,17H,5-7,10,12,14H2,1-4H3/t17-/m0/s1. The van der Waals surface area contributed by atoms with Crippen LogP contribution >= 0.6 is 0 Å². The van der Waals surface area contributed by atoms with Crippen molar-refractivity contribution in [1.82, 2.24) is 9.21 Å². The molecule has 0 radical (unpaired) electrons. The summed E-state index contributed by atoms with van der Waals surface area (Å²) in [7, 11) is -2.21. The topological polar surface area (TPSA) is 84.0 Å². The highest BCUT2D eigenvalue weighted by molar-refractivity contribution is 7.89. The number of hydrogen-bond acceptors (Lipinski definition) is 5. The van der Waals surface area contributed by atoms with Crippen LogP contribution in [0, 0.1) is 0 Å². The summed E-state index contributed by atoms with van der Waals surface area (Å²) in [6.45, 7) is 5.93. The Labute approximate surface area is 167 Å². The fourth-order valence-electron chi connectivity index (χ4n) is 3.27. The Morgan fingerprint density at radius 2 is 2.00 bits per heavy atom. The SMILES string of the molecule is CC[C@H]1CCCCN1C(=O)COC(=O)c1cccc(S(=O)(=O)N(C)C(C)C)c1. The molecule has 0 unspecified atom stereocenters. The van der Waals surface area contributed by atoms with Crippen molar-refractivity contribution in [2.75, 3.05) is 20.2 Å². The zero-order valence-electron chi connectivity index (χ0n) is 17.1. The quantitative estimate of drug-likeness (QED) is 0.645. The van der Waals surface area contributed by atoms with E-state index < -0.39 is 16.0 Å². The summed E-state index contributed by atoms with van der Waals surface area (Å²) in [6.07, 6.45) is 3.91. The van der Waals surface area contributed by atoms with Gasteiger partial charge in [0.15, 0.2) is 6.61 Å². The minimum absolute atomic E-state index is 0.0200. The molecular weight excluding hydrogens is 380 g/mol. The Morgan fingerprint density at radius 1 is 1.29 bits per heavy atom. The van der Waals surface area contributed by atoms with Gasteiger partial charge in [0.1, 0.15) is 0 Å². The molecule has 1 amide bonds. The lowest BCUT2D eigenvalue weighted by molar-refractivity contribution is -0.138. The number of carbonyl (C=O) groups excluding carboxylic acids is 2. The second kappa shape index (κ2) is 9.52. The van der Waals surface area contributed by atoms with Crippen molar-refractivity contribution in [3.8, 4) is 0 Å². The second-order valence-electron chi connectivity index (χ2n) is 7.36. The highest BCUT2D eigenvalue weighted by Crippen LogP contribution is 2.20. The van der Waals surface area contributed by atoms with Crippen LogP contribution < -0.4 is 0 Å². The van der Waals surface area contributed by atoms with Crippen LogP contribution in [0.25, 0.3) is 0 Å². The van der Waals surface area contributed by atoms with E-state index in [0.717, 1.165) is 25.7 Å². The third kappa shape index (κ3) is 5.11. The van der Waals surface area contributed by atoms with Gasteiger partial charge in [0, 0.05) is 25.7 Å². The van der Waals surface area contributed by atoms with Crippen LogP contribution in [0.1, 0.15) is 56.8 Å². The highest BCUT2D eigenvalue weighted by Gasteiger charge is 2.27. The predicted molar refractivity (Wildman–Crippen MR) is 106 cm³/mol. The number of nitrogens with zero attached hydrogens (tertiary/aromatic N) is 2. The Bertz CT molecular complexity index is 807. The van der Waals surface area contributed by atoms with E-state index in [1.54, 1.807) is 18.7 Å². The van der Waals surface area contributed by atoms with E-state index >= 15 is 0 Å². The molecule has 0 N–H and O–H groups in total. The summed E-state index contributed by atoms with van der Waals surface area (Å²) in [6, 6.07) is 5.69. The molecule has 156 valence electrons. The first-order chi connectivity index (χ1) is 13.2. The lowest BCUT2D eigenvalue weighted by Gasteiger charge is -2.35. The predicted octanol–water partition coefficient (Wildman–Crippen LogP) is 2.66. The Morgan fingerprint density at radius 3 is 2.64 bits per heavy atom. The van der Waals surface area contributed by atoms with Gasteiger partial charge >= 0.3 is 5.97 Å². The molecule has 1 aliphatic rings. The smallest absolute Gasteiger partial charge is 0.338 e. The zero-order valence-corrected chi connectivity index (χ0v) is 17.9. The zero-order chi connectivity index (χ0) is 20.9. The van der Waals surface area contributed by atoms with Gasteiger partial charge in [-0.2, -0.15) is 4.31 Å². The van der Waals surface area contributed by atoms with Gasteiger partial charge in [-0.15, -0.1) is 0 Å². The first kappa shape index (κ1) is 22.4. The number of benzene rings is 1. The van der Waals surface area contributed by atoms with Crippen LogP contribution in [0.2, 0.25) is 0 Å². The molecule has 7 nitrogen and oxygen atoms in total. The van der Waals surface area contributed by atoms with Gasteiger partial charge in [-0.3, -0.25) is 4.79 Å². The van der Waals surface area contributed by atoms with Crippen LogP contribution in [-0.2, 0) is 19.6 Å². The van der Waals surface area contributed by atoms with E-state index in [9.17, 15) is 18.0 Å². The fourth-order valence-corrected chi connectivity index (χ4v) is 4.69. The van der Waals surface area contributed by atoms with E-state index in [4.69, 9.17) is 4.74 Å². The summed E-state index contributed by atoms with van der Waals surface area (Å²) < 4.78 is 31.6. The largest absolute Gasteiger partial charge is 0.452 e. The van der Waals surface area contributed by atoms with E-state index in [1.165, 1.54) is 35.6 Å². The number of rotatable bonds is 7. The second-order valence-corrected chi connectivity index (χ2v) is 9.36. The van der Waals surface area contributed by atoms with Crippen molar-refractivity contribution in [3.63, 3.8) is 0 Å². The maximum absolute atomic E-state index is 12.6. The number of likely N-dealkylation sites (tertiary alicyclic amines) is 1. The molecule has 1 aromatic rings. The van der Waals surface area contributed by atoms with Crippen LogP contribution in [-0.4, -0.2) is 61.8 Å². The molecule has 8 heteroatoms. The van der Waals surface area contributed by atoms with Crippen LogP contribution in [0.15, 0.2) is 29.2 Å². The third-order valence-corrected chi connectivity index (χ3v) is 7.25. The number of ether oxygens (including phenoxy) is 1. The van der Waals surface area contributed by atoms with Crippen molar-refractivity contribution < 1.29 is 22.7 Å². The molecule has 1 fully saturated rings. The van der Waals surface area contributed by atoms with Crippen molar-refractivity contribution >= 4 is 21.9 Å². The number of amides is 1. The Hall–Kier alpha value is -1.93. The molecule has 0 bridgehead atoms. The van der Waals surface area contributed by atoms with Crippen LogP contribution in [0.4, 0.5) is 0 Å². The number of carbonyl (C=O) groups is 2. The Balaban J connectivity index is 2.06. The molecule has 0 spiro atoms. The first-order valence-corrected chi connectivity index (χ1v) is 11.2. The third-order valence-electron chi connectivity index (χ3n) is 5.22. The molecule has 0 aliphatic carbocycles. The molecule has 1 saturated heterocycles. The number of piperidine rings is 1. The normalized spacial score (nSPS) is 17.8. The fraction of sp³-hybridized carbons (Fsp3) is 0.600. The monoisotopic (exact) mass is 410 g/mol. The molecule has 1 heterocycles. The molecular formula is C20H30N2O5S. The van der Waals surface area contributed by atoms with Crippen LogP contribution in [0.3, 0.4) is 0 Å². The number of hydrogen-bond donors (Lipinski definition) is 0. The van der Waals surface area contributed by atoms with Gasteiger partial charge < -0.3 is 9.64 Å². The van der Waals surface area contributed by atoms with Crippen molar-refractivity contribution in [2.24, 2.45) is 0 Å². The first-order valence-electron chi connectivity index (χ1n) is 9.73. The molecule has 1 aromatic carbocycles. The van der Waals surface area contributed by atoms with Crippen molar-refractivity contribution in [3.05, 3.63) is 29.8 Å². The van der Waals surface area contributed by atoms with Gasteiger partial charge in [0.2, 0.25) is 10.0 Å². The van der Waals surface area contributed by atoms with Crippen molar-refractivity contribution in [1.29, 1.82) is 0 Å². The summed E-state index contributed by atoms with van der Waals surface area (Å²) >= 11 is 0. The van der Waals surface area contributed by atoms with Gasteiger partial charge in [-0.05, 0) is 57.7 Å².